The second kappa shape index (κ2) is 18.5. The summed E-state index contributed by atoms with van der Waals surface area (Å²) in [5.74, 6) is -0.485. The summed E-state index contributed by atoms with van der Waals surface area (Å²) < 4.78 is 0. The maximum absolute atomic E-state index is 11.0. The largest absolute Gasteiger partial charge is 1.00 e. The standard InChI is InChI=1S/C18H30O3.Na/c1-2-17(19)15-13-11-9-7-5-3-4-6-8-10-12-14-16-18(20)21;/h3,5,9,11,15,19H,2,4,6-8,10,12-14,16H2,1H3,(H,20,21);/q;+1/p-1/b5-3-,11-9-,17-15+;. The van der Waals surface area contributed by atoms with E-state index in [1.165, 1.54) is 12.8 Å². The van der Waals surface area contributed by atoms with E-state index in [4.69, 9.17) is 5.11 Å². The van der Waals surface area contributed by atoms with E-state index in [2.05, 4.69) is 18.2 Å². The molecule has 0 aromatic carbocycles. The quantitative estimate of drug-likeness (QED) is 0.241. The van der Waals surface area contributed by atoms with Gasteiger partial charge in [-0.3, -0.25) is 4.79 Å². The molecule has 0 aliphatic heterocycles. The minimum atomic E-state index is -0.692. The molecule has 3 nitrogen and oxygen atoms in total. The number of allylic oxidation sites excluding steroid dienone is 6. The summed E-state index contributed by atoms with van der Waals surface area (Å²) in [6.07, 6.45) is 19.1. The van der Waals surface area contributed by atoms with Crippen LogP contribution in [0.15, 0.2) is 36.1 Å². The van der Waals surface area contributed by atoms with Gasteiger partial charge in [0.2, 0.25) is 0 Å². The first kappa shape index (κ1) is 23.8. The molecule has 0 saturated carbocycles. The Balaban J connectivity index is 0. The van der Waals surface area contributed by atoms with Crippen molar-refractivity contribution in [3.8, 4) is 0 Å². The minimum absolute atomic E-state index is 0. The Bertz CT molecular complexity index is 346. The Morgan fingerprint density at radius 3 is 2.23 bits per heavy atom. The molecule has 0 saturated heterocycles. The summed E-state index contributed by atoms with van der Waals surface area (Å²) in [5.41, 5.74) is 0. The molecule has 0 spiro atoms. The van der Waals surface area contributed by atoms with E-state index < -0.39 is 5.97 Å². The molecule has 0 atom stereocenters. The van der Waals surface area contributed by atoms with E-state index >= 15 is 0 Å². The maximum atomic E-state index is 11.0. The molecule has 1 N–H and O–H groups in total. The van der Waals surface area contributed by atoms with Crippen LogP contribution in [0.4, 0.5) is 0 Å². The molecular weight excluding hydrogens is 287 g/mol. The Kier molecular flexibility index (Phi) is 20.0. The fourth-order valence-corrected chi connectivity index (χ4v) is 1.90. The van der Waals surface area contributed by atoms with Crippen molar-refractivity contribution < 1.29 is 44.6 Å². The zero-order valence-corrected chi connectivity index (χ0v) is 16.2. The molecule has 0 aliphatic carbocycles. The van der Waals surface area contributed by atoms with Crippen LogP contribution in [0.25, 0.3) is 0 Å². The number of carbonyl (C=O) groups is 1. The molecule has 0 unspecified atom stereocenters. The van der Waals surface area contributed by atoms with E-state index in [9.17, 15) is 9.90 Å². The van der Waals surface area contributed by atoms with Gasteiger partial charge in [-0.25, -0.2) is 0 Å². The molecule has 0 amide bonds. The summed E-state index contributed by atoms with van der Waals surface area (Å²) in [5, 5.41) is 19.5. The number of carboxylic acids is 1. The number of carboxylic acid groups (broad SMARTS) is 1. The van der Waals surface area contributed by atoms with Crippen LogP contribution in [-0.4, -0.2) is 11.1 Å². The van der Waals surface area contributed by atoms with Gasteiger partial charge in [-0.1, -0.05) is 56.6 Å². The van der Waals surface area contributed by atoms with Crippen LogP contribution in [0.1, 0.15) is 71.1 Å². The molecule has 22 heavy (non-hydrogen) atoms. The fraction of sp³-hybridized carbons (Fsp3) is 0.611. The topological polar surface area (TPSA) is 60.4 Å². The third-order valence-electron chi connectivity index (χ3n) is 3.20. The van der Waals surface area contributed by atoms with Crippen molar-refractivity contribution >= 4 is 5.97 Å². The van der Waals surface area contributed by atoms with Crippen LogP contribution in [-0.2, 0) is 4.79 Å². The fourth-order valence-electron chi connectivity index (χ4n) is 1.90. The zero-order valence-electron chi connectivity index (χ0n) is 14.2. The van der Waals surface area contributed by atoms with Gasteiger partial charge in [-0.05, 0) is 38.5 Å². The number of aliphatic carboxylic acids is 1. The predicted octanol–water partition coefficient (Wildman–Crippen LogP) is 1.35. The summed E-state index contributed by atoms with van der Waals surface area (Å²) in [4.78, 5) is 10.3. The van der Waals surface area contributed by atoms with Crippen molar-refractivity contribution in [3.05, 3.63) is 36.1 Å². The average molecular weight is 316 g/mol. The van der Waals surface area contributed by atoms with Gasteiger partial charge in [-0.2, -0.15) is 0 Å². The van der Waals surface area contributed by atoms with Gasteiger partial charge >= 0.3 is 35.5 Å². The van der Waals surface area contributed by atoms with Crippen molar-refractivity contribution in [2.24, 2.45) is 0 Å². The summed E-state index contributed by atoms with van der Waals surface area (Å²) >= 11 is 0. The number of unbranched alkanes of at least 4 members (excludes halogenated alkanes) is 5. The smallest absolute Gasteiger partial charge is 0.876 e. The molecule has 4 heteroatoms. The molecule has 0 aromatic heterocycles. The van der Waals surface area contributed by atoms with Crippen LogP contribution < -0.4 is 34.7 Å². The molecule has 0 fully saturated rings. The molecule has 0 radical (unpaired) electrons. The average Bonchev–Trinajstić information content (AvgIpc) is 2.46. The second-order valence-electron chi connectivity index (χ2n) is 5.14. The molecule has 0 bridgehead atoms. The maximum Gasteiger partial charge on any atom is 1.00 e. The van der Waals surface area contributed by atoms with E-state index in [1.54, 1.807) is 6.08 Å². The second-order valence-corrected chi connectivity index (χ2v) is 5.14. The van der Waals surface area contributed by atoms with Gasteiger partial charge in [0, 0.05) is 6.42 Å². The number of hydrogen-bond acceptors (Lipinski definition) is 2. The van der Waals surface area contributed by atoms with Crippen LogP contribution in [0.5, 0.6) is 0 Å². The van der Waals surface area contributed by atoms with Crippen molar-refractivity contribution in [3.63, 3.8) is 0 Å². The van der Waals surface area contributed by atoms with Gasteiger partial charge in [0.1, 0.15) is 0 Å². The van der Waals surface area contributed by atoms with Crippen LogP contribution in [0.2, 0.25) is 0 Å². The summed E-state index contributed by atoms with van der Waals surface area (Å²) in [7, 11) is 0. The summed E-state index contributed by atoms with van der Waals surface area (Å²) in [6, 6.07) is 0. The van der Waals surface area contributed by atoms with Gasteiger partial charge < -0.3 is 10.2 Å². The van der Waals surface area contributed by atoms with E-state index in [1.807, 2.05) is 13.0 Å². The molecular formula is C18H29NaO3. The van der Waals surface area contributed by atoms with Gasteiger partial charge in [-0.15, -0.1) is 5.76 Å². The van der Waals surface area contributed by atoms with Crippen molar-refractivity contribution in [1.29, 1.82) is 0 Å². The van der Waals surface area contributed by atoms with E-state index in [-0.39, 0.29) is 35.3 Å². The third kappa shape index (κ3) is 19.5. The molecule has 0 aliphatic rings. The minimum Gasteiger partial charge on any atom is -0.876 e. The Labute approximate surface area is 157 Å². The third-order valence-corrected chi connectivity index (χ3v) is 3.20. The Morgan fingerprint density at radius 1 is 0.955 bits per heavy atom. The van der Waals surface area contributed by atoms with Crippen LogP contribution >= 0.6 is 0 Å². The summed E-state index contributed by atoms with van der Waals surface area (Å²) in [6.45, 7) is 1.87. The molecule has 0 aromatic rings. The first-order chi connectivity index (χ1) is 10.2. The molecule has 120 valence electrons. The first-order valence-electron chi connectivity index (χ1n) is 8.04. The molecule has 0 heterocycles. The van der Waals surface area contributed by atoms with Crippen molar-refractivity contribution in [1.82, 2.24) is 0 Å². The Hall–Kier alpha value is -0.510. The van der Waals surface area contributed by atoms with Gasteiger partial charge in [0.05, 0.1) is 0 Å². The van der Waals surface area contributed by atoms with Gasteiger partial charge in [0.15, 0.2) is 0 Å². The number of hydrogen-bond donors (Lipinski definition) is 1. The monoisotopic (exact) mass is 316 g/mol. The first-order valence-corrected chi connectivity index (χ1v) is 8.04. The van der Waals surface area contributed by atoms with Crippen LogP contribution in [0.3, 0.4) is 0 Å². The SMILES string of the molecule is CC/C([O-])=C\C/C=C\C/C=C\CCCCCCCC(=O)O.[Na+]. The van der Waals surface area contributed by atoms with E-state index in [0.29, 0.717) is 12.8 Å². The van der Waals surface area contributed by atoms with Gasteiger partial charge in [0.25, 0.3) is 0 Å². The predicted molar refractivity (Wildman–Crippen MR) is 85.8 cm³/mol. The van der Waals surface area contributed by atoms with E-state index in [0.717, 1.165) is 38.5 Å². The number of rotatable bonds is 13. The van der Waals surface area contributed by atoms with Crippen LogP contribution in [0, 0.1) is 0 Å². The zero-order chi connectivity index (χ0) is 15.8. The molecule has 0 rings (SSSR count). The van der Waals surface area contributed by atoms with Crippen molar-refractivity contribution in [2.75, 3.05) is 0 Å². The van der Waals surface area contributed by atoms with Crippen molar-refractivity contribution in [2.45, 2.75) is 71.1 Å². The normalized spacial score (nSPS) is 12.0. The Morgan fingerprint density at radius 2 is 1.55 bits per heavy atom.